The predicted molar refractivity (Wildman–Crippen MR) is 78.0 cm³/mol. The lowest BCUT2D eigenvalue weighted by Crippen LogP contribution is -2.63. The molecular weight excluding hydrogens is 272 g/mol. The zero-order chi connectivity index (χ0) is 15.5. The zero-order valence-electron chi connectivity index (χ0n) is 12.9. The number of carboxylic acids is 1. The van der Waals surface area contributed by atoms with Crippen molar-refractivity contribution < 1.29 is 19.4 Å². The molecule has 21 heavy (non-hydrogen) atoms. The van der Waals surface area contributed by atoms with Crippen molar-refractivity contribution in [2.75, 3.05) is 26.2 Å². The highest BCUT2D eigenvalue weighted by Gasteiger charge is 2.40. The molecule has 1 heterocycles. The molecule has 1 aliphatic carbocycles. The maximum Gasteiger partial charge on any atom is 0.329 e. The molecule has 120 valence electrons. The van der Waals surface area contributed by atoms with Crippen LogP contribution in [0.1, 0.15) is 39.5 Å². The van der Waals surface area contributed by atoms with Gasteiger partial charge < -0.3 is 15.2 Å². The van der Waals surface area contributed by atoms with Gasteiger partial charge in [-0.15, -0.1) is 0 Å². The second-order valence-corrected chi connectivity index (χ2v) is 6.80. The van der Waals surface area contributed by atoms with Crippen molar-refractivity contribution in [1.82, 2.24) is 10.2 Å². The summed E-state index contributed by atoms with van der Waals surface area (Å²) in [7, 11) is 0. The van der Waals surface area contributed by atoms with Crippen molar-refractivity contribution in [1.29, 1.82) is 0 Å². The molecule has 0 radical (unpaired) electrons. The Hall–Kier alpha value is -1.14. The van der Waals surface area contributed by atoms with E-state index in [4.69, 9.17) is 9.84 Å². The molecule has 2 rings (SSSR count). The monoisotopic (exact) mass is 298 g/mol. The molecule has 1 saturated heterocycles. The van der Waals surface area contributed by atoms with Crippen LogP contribution in [-0.2, 0) is 14.3 Å². The second kappa shape index (κ2) is 6.75. The highest BCUT2D eigenvalue weighted by Crippen LogP contribution is 2.25. The summed E-state index contributed by atoms with van der Waals surface area (Å²) in [5.74, 6) is -0.116. The number of likely N-dealkylation sites (tertiary alicyclic amines) is 1. The fourth-order valence-electron chi connectivity index (χ4n) is 3.22. The molecule has 1 saturated carbocycles. The molecule has 0 aromatic rings. The SMILES string of the molecule is CC1CCC(NC(=O)CN2CC(C)(OCC(=O)O)C2)CC1. The van der Waals surface area contributed by atoms with E-state index in [2.05, 4.69) is 12.2 Å². The molecule has 2 fully saturated rings. The Morgan fingerprint density at radius 3 is 2.48 bits per heavy atom. The van der Waals surface area contributed by atoms with Gasteiger partial charge in [-0.3, -0.25) is 9.69 Å². The van der Waals surface area contributed by atoms with Crippen molar-refractivity contribution in [3.05, 3.63) is 0 Å². The first-order chi connectivity index (χ1) is 9.86. The molecule has 0 aromatic heterocycles. The number of carbonyl (C=O) groups excluding carboxylic acids is 1. The Morgan fingerprint density at radius 1 is 1.29 bits per heavy atom. The van der Waals surface area contributed by atoms with Crippen LogP contribution in [0, 0.1) is 5.92 Å². The van der Waals surface area contributed by atoms with Crippen molar-refractivity contribution in [2.24, 2.45) is 5.92 Å². The van der Waals surface area contributed by atoms with Crippen LogP contribution < -0.4 is 5.32 Å². The van der Waals surface area contributed by atoms with Gasteiger partial charge in [-0.2, -0.15) is 0 Å². The lowest BCUT2D eigenvalue weighted by Gasteiger charge is -2.47. The Kier molecular flexibility index (Phi) is 5.22. The number of ether oxygens (including phenoxy) is 1. The topological polar surface area (TPSA) is 78.9 Å². The van der Waals surface area contributed by atoms with Crippen LogP contribution >= 0.6 is 0 Å². The van der Waals surface area contributed by atoms with Crippen LogP contribution in [0.4, 0.5) is 0 Å². The first-order valence-corrected chi connectivity index (χ1v) is 7.74. The molecule has 6 heteroatoms. The number of hydrogen-bond acceptors (Lipinski definition) is 4. The van der Waals surface area contributed by atoms with E-state index < -0.39 is 11.6 Å². The third kappa shape index (κ3) is 4.97. The van der Waals surface area contributed by atoms with Crippen LogP contribution in [0.15, 0.2) is 0 Å². The smallest absolute Gasteiger partial charge is 0.329 e. The van der Waals surface area contributed by atoms with Crippen LogP contribution in [0.25, 0.3) is 0 Å². The number of nitrogens with zero attached hydrogens (tertiary/aromatic N) is 1. The number of carboxylic acid groups (broad SMARTS) is 1. The van der Waals surface area contributed by atoms with E-state index >= 15 is 0 Å². The number of amides is 1. The van der Waals surface area contributed by atoms with Gasteiger partial charge in [0.05, 0.1) is 12.1 Å². The van der Waals surface area contributed by atoms with Crippen molar-refractivity contribution in [3.8, 4) is 0 Å². The molecule has 1 aliphatic heterocycles. The van der Waals surface area contributed by atoms with Gasteiger partial charge in [0, 0.05) is 19.1 Å². The summed E-state index contributed by atoms with van der Waals surface area (Å²) in [5, 5.41) is 11.7. The maximum atomic E-state index is 12.0. The predicted octanol–water partition coefficient (Wildman–Crippen LogP) is 0.857. The minimum atomic E-state index is -0.959. The minimum absolute atomic E-state index is 0.0647. The van der Waals surface area contributed by atoms with E-state index in [9.17, 15) is 9.59 Å². The molecule has 1 amide bonds. The van der Waals surface area contributed by atoms with E-state index in [1.165, 1.54) is 12.8 Å². The van der Waals surface area contributed by atoms with Crippen molar-refractivity contribution in [2.45, 2.75) is 51.2 Å². The number of hydrogen-bond donors (Lipinski definition) is 2. The lowest BCUT2D eigenvalue weighted by atomic mass is 9.87. The second-order valence-electron chi connectivity index (χ2n) is 6.80. The third-order valence-electron chi connectivity index (χ3n) is 4.41. The highest BCUT2D eigenvalue weighted by molar-refractivity contribution is 5.78. The fourth-order valence-corrected chi connectivity index (χ4v) is 3.22. The molecule has 6 nitrogen and oxygen atoms in total. The number of nitrogens with one attached hydrogen (secondary N) is 1. The first kappa shape index (κ1) is 16.2. The molecular formula is C15H26N2O4. The van der Waals surface area contributed by atoms with Crippen molar-refractivity contribution >= 4 is 11.9 Å². The normalized spacial score (nSPS) is 28.7. The van der Waals surface area contributed by atoms with Gasteiger partial charge in [0.15, 0.2) is 0 Å². The van der Waals surface area contributed by atoms with Gasteiger partial charge in [0.2, 0.25) is 5.91 Å². The van der Waals surface area contributed by atoms with Crippen LogP contribution in [0.2, 0.25) is 0 Å². The first-order valence-electron chi connectivity index (χ1n) is 7.74. The summed E-state index contributed by atoms with van der Waals surface area (Å²) in [6.07, 6.45) is 4.53. The largest absolute Gasteiger partial charge is 0.480 e. The maximum absolute atomic E-state index is 12.0. The Bertz CT molecular complexity index is 385. The van der Waals surface area contributed by atoms with Crippen molar-refractivity contribution in [3.63, 3.8) is 0 Å². The quantitative estimate of drug-likeness (QED) is 0.760. The third-order valence-corrected chi connectivity index (χ3v) is 4.41. The fraction of sp³-hybridized carbons (Fsp3) is 0.867. The van der Waals surface area contributed by atoms with Gasteiger partial charge in [-0.1, -0.05) is 6.92 Å². The summed E-state index contributed by atoms with van der Waals surface area (Å²) in [5.41, 5.74) is -0.432. The Morgan fingerprint density at radius 2 is 1.90 bits per heavy atom. The summed E-state index contributed by atoms with van der Waals surface area (Å²) < 4.78 is 5.33. The van der Waals surface area contributed by atoms with E-state index in [1.807, 2.05) is 11.8 Å². The molecule has 0 unspecified atom stereocenters. The lowest BCUT2D eigenvalue weighted by molar-refractivity contribution is -0.166. The van der Waals surface area contributed by atoms with Gasteiger partial charge in [0.25, 0.3) is 0 Å². The number of carbonyl (C=O) groups is 2. The average Bonchev–Trinajstić information content (AvgIpc) is 2.37. The molecule has 0 atom stereocenters. The molecule has 2 N–H and O–H groups in total. The van der Waals surface area contributed by atoms with Gasteiger partial charge in [-0.05, 0) is 38.5 Å². The average molecular weight is 298 g/mol. The van der Waals surface area contributed by atoms with Gasteiger partial charge in [-0.25, -0.2) is 4.79 Å². The molecule has 0 spiro atoms. The van der Waals surface area contributed by atoms with Crippen LogP contribution in [0.3, 0.4) is 0 Å². The van der Waals surface area contributed by atoms with E-state index in [0.717, 1.165) is 18.8 Å². The van der Waals surface area contributed by atoms with Gasteiger partial charge in [0.1, 0.15) is 6.61 Å². The molecule has 0 bridgehead atoms. The number of rotatable bonds is 6. The summed E-state index contributed by atoms with van der Waals surface area (Å²) in [4.78, 5) is 24.5. The standard InChI is InChI=1S/C15H26N2O4/c1-11-3-5-12(6-4-11)16-13(18)7-17-9-15(2,10-17)21-8-14(19)20/h11-12H,3-10H2,1-2H3,(H,16,18)(H,19,20). The van der Waals surface area contributed by atoms with Gasteiger partial charge >= 0.3 is 5.97 Å². The summed E-state index contributed by atoms with van der Waals surface area (Å²) in [6, 6.07) is 0.324. The molecule has 2 aliphatic rings. The summed E-state index contributed by atoms with van der Waals surface area (Å²) in [6.45, 7) is 5.45. The molecule has 0 aromatic carbocycles. The van der Waals surface area contributed by atoms with E-state index in [0.29, 0.717) is 25.7 Å². The highest BCUT2D eigenvalue weighted by atomic mass is 16.5. The van der Waals surface area contributed by atoms with E-state index in [-0.39, 0.29) is 12.5 Å². The summed E-state index contributed by atoms with van der Waals surface area (Å²) >= 11 is 0. The zero-order valence-corrected chi connectivity index (χ0v) is 12.9. The van der Waals surface area contributed by atoms with Crippen LogP contribution in [0.5, 0.6) is 0 Å². The Labute approximate surface area is 125 Å². The Balaban J connectivity index is 1.63. The van der Waals surface area contributed by atoms with E-state index in [1.54, 1.807) is 0 Å². The van der Waals surface area contributed by atoms with Crippen LogP contribution in [-0.4, -0.2) is 59.8 Å². The minimum Gasteiger partial charge on any atom is -0.480 e. The number of aliphatic carboxylic acids is 1.